The lowest BCUT2D eigenvalue weighted by Crippen LogP contribution is -2.42. The molecule has 2 aliphatic heterocycles. The van der Waals surface area contributed by atoms with Crippen molar-refractivity contribution < 1.29 is 9.59 Å². The fourth-order valence-corrected chi connectivity index (χ4v) is 3.14. The summed E-state index contributed by atoms with van der Waals surface area (Å²) >= 11 is 0. The van der Waals surface area contributed by atoms with Crippen molar-refractivity contribution in [3.05, 3.63) is 23.8 Å². The van der Waals surface area contributed by atoms with Crippen molar-refractivity contribution in [2.24, 2.45) is 0 Å². The van der Waals surface area contributed by atoms with Gasteiger partial charge in [0.1, 0.15) is 6.04 Å². The van der Waals surface area contributed by atoms with Gasteiger partial charge in [0.15, 0.2) is 0 Å². The molecular formula is C16H22N4O2. The summed E-state index contributed by atoms with van der Waals surface area (Å²) in [6, 6.07) is 5.24. The van der Waals surface area contributed by atoms with Crippen LogP contribution in [-0.4, -0.2) is 50.1 Å². The van der Waals surface area contributed by atoms with Gasteiger partial charge in [-0.2, -0.15) is 0 Å². The third-order valence-corrected chi connectivity index (χ3v) is 4.42. The van der Waals surface area contributed by atoms with Crippen molar-refractivity contribution in [2.45, 2.75) is 25.3 Å². The Morgan fingerprint density at radius 2 is 2.05 bits per heavy atom. The number of nitrogens with one attached hydrogen (secondary N) is 2. The molecular weight excluding hydrogens is 280 g/mol. The summed E-state index contributed by atoms with van der Waals surface area (Å²) in [5.74, 6) is -0.0257. The molecule has 1 aromatic rings. The third kappa shape index (κ3) is 2.86. The Kier molecular flexibility index (Phi) is 3.92. The van der Waals surface area contributed by atoms with E-state index in [0.29, 0.717) is 13.0 Å². The van der Waals surface area contributed by atoms with Crippen LogP contribution in [0.5, 0.6) is 0 Å². The number of hydrogen-bond acceptors (Lipinski definition) is 3. The van der Waals surface area contributed by atoms with Crippen LogP contribution in [0.15, 0.2) is 18.2 Å². The monoisotopic (exact) mass is 302 g/mol. The Morgan fingerprint density at radius 1 is 1.23 bits per heavy atom. The van der Waals surface area contributed by atoms with E-state index in [2.05, 4.69) is 22.6 Å². The predicted octanol–water partition coefficient (Wildman–Crippen LogP) is 1.42. The maximum absolute atomic E-state index is 12.0. The zero-order valence-corrected chi connectivity index (χ0v) is 13.1. The van der Waals surface area contributed by atoms with Crippen LogP contribution in [-0.2, 0) is 11.2 Å². The summed E-state index contributed by atoms with van der Waals surface area (Å²) in [6.45, 7) is 1.76. The molecule has 0 bridgehead atoms. The molecule has 22 heavy (non-hydrogen) atoms. The molecule has 1 aromatic carbocycles. The molecule has 1 fully saturated rings. The average Bonchev–Trinajstić information content (AvgIpc) is 2.79. The highest BCUT2D eigenvalue weighted by atomic mass is 16.2. The van der Waals surface area contributed by atoms with Crippen molar-refractivity contribution in [3.63, 3.8) is 0 Å². The fourth-order valence-electron chi connectivity index (χ4n) is 3.14. The number of fused-ring (bicyclic) bond motifs is 1. The van der Waals surface area contributed by atoms with Gasteiger partial charge in [-0.3, -0.25) is 4.79 Å². The van der Waals surface area contributed by atoms with Crippen molar-refractivity contribution in [2.75, 3.05) is 37.4 Å². The number of carbonyl (C=O) groups excluding carboxylic acids is 2. The number of carbonyl (C=O) groups is 2. The Bertz CT molecular complexity index is 602. The van der Waals surface area contributed by atoms with Crippen LogP contribution in [0, 0.1) is 0 Å². The molecule has 3 rings (SSSR count). The summed E-state index contributed by atoms with van der Waals surface area (Å²) in [5.41, 5.74) is 3.25. The van der Waals surface area contributed by atoms with E-state index in [1.165, 1.54) is 11.3 Å². The van der Waals surface area contributed by atoms with Crippen molar-refractivity contribution >= 4 is 23.3 Å². The molecule has 0 radical (unpaired) electrons. The van der Waals surface area contributed by atoms with Gasteiger partial charge in [-0.1, -0.05) is 0 Å². The van der Waals surface area contributed by atoms with Crippen LogP contribution in [0.2, 0.25) is 0 Å². The topological polar surface area (TPSA) is 64.7 Å². The predicted molar refractivity (Wildman–Crippen MR) is 86.2 cm³/mol. The SMILES string of the molecule is CN1CC[C@H](NC(=O)Nc2ccc3c(c2)CCCN3C)C1=O. The van der Waals surface area contributed by atoms with Crippen LogP contribution in [0.4, 0.5) is 16.2 Å². The highest BCUT2D eigenvalue weighted by Gasteiger charge is 2.30. The van der Waals surface area contributed by atoms with Crippen LogP contribution in [0.25, 0.3) is 0 Å². The van der Waals surface area contributed by atoms with E-state index in [4.69, 9.17) is 0 Å². The van der Waals surface area contributed by atoms with Crippen molar-refractivity contribution in [1.82, 2.24) is 10.2 Å². The summed E-state index contributed by atoms with van der Waals surface area (Å²) in [4.78, 5) is 27.7. The first-order valence-corrected chi connectivity index (χ1v) is 7.71. The maximum Gasteiger partial charge on any atom is 0.319 e. The zero-order chi connectivity index (χ0) is 15.7. The van der Waals surface area contributed by atoms with Crippen LogP contribution in [0.3, 0.4) is 0 Å². The summed E-state index contributed by atoms with van der Waals surface area (Å²) in [7, 11) is 3.84. The smallest absolute Gasteiger partial charge is 0.319 e. The molecule has 0 aliphatic carbocycles. The minimum Gasteiger partial charge on any atom is -0.374 e. The Morgan fingerprint density at radius 3 is 2.77 bits per heavy atom. The molecule has 0 unspecified atom stereocenters. The Hall–Kier alpha value is -2.24. The third-order valence-electron chi connectivity index (χ3n) is 4.42. The van der Waals surface area contributed by atoms with Gasteiger partial charge in [0.05, 0.1) is 0 Å². The fraction of sp³-hybridized carbons (Fsp3) is 0.500. The summed E-state index contributed by atoms with van der Waals surface area (Å²) in [5, 5.41) is 5.57. The standard InChI is InChI=1S/C16H22N4O2/c1-19-8-3-4-11-10-12(5-6-14(11)19)17-16(22)18-13-7-9-20(2)15(13)21/h5-6,10,13H,3-4,7-9H2,1-2H3,(H2,17,18,22)/t13-/m0/s1. The molecule has 0 aromatic heterocycles. The minimum absolute atomic E-state index is 0.0257. The second-order valence-electron chi connectivity index (χ2n) is 6.07. The molecule has 118 valence electrons. The number of likely N-dealkylation sites (N-methyl/N-ethyl adjacent to an activating group) is 1. The number of nitrogens with zero attached hydrogens (tertiary/aromatic N) is 2. The number of rotatable bonds is 2. The molecule has 0 spiro atoms. The molecule has 3 amide bonds. The maximum atomic E-state index is 12.0. The van der Waals surface area contributed by atoms with Crippen LogP contribution < -0.4 is 15.5 Å². The number of urea groups is 1. The zero-order valence-electron chi connectivity index (χ0n) is 13.1. The first-order chi connectivity index (χ1) is 10.5. The molecule has 2 heterocycles. The Labute approximate surface area is 130 Å². The van der Waals surface area contributed by atoms with E-state index in [1.54, 1.807) is 11.9 Å². The van der Waals surface area contributed by atoms with E-state index < -0.39 is 6.04 Å². The van der Waals surface area contributed by atoms with E-state index >= 15 is 0 Å². The lowest BCUT2D eigenvalue weighted by Gasteiger charge is -2.27. The number of benzene rings is 1. The number of hydrogen-bond donors (Lipinski definition) is 2. The minimum atomic E-state index is -0.409. The first kappa shape index (κ1) is 14.7. The molecule has 1 atom stereocenters. The first-order valence-electron chi connectivity index (χ1n) is 7.71. The summed E-state index contributed by atoms with van der Waals surface area (Å²) < 4.78 is 0. The van der Waals surface area contributed by atoms with Gasteiger partial charge in [0, 0.05) is 38.6 Å². The molecule has 2 aliphatic rings. The number of amides is 3. The highest BCUT2D eigenvalue weighted by molar-refractivity contribution is 5.94. The van der Waals surface area contributed by atoms with E-state index in [-0.39, 0.29) is 11.9 Å². The van der Waals surface area contributed by atoms with E-state index in [0.717, 1.165) is 25.1 Å². The van der Waals surface area contributed by atoms with Gasteiger partial charge in [-0.25, -0.2) is 4.79 Å². The second kappa shape index (κ2) is 5.87. The van der Waals surface area contributed by atoms with Crippen molar-refractivity contribution in [3.8, 4) is 0 Å². The lowest BCUT2D eigenvalue weighted by atomic mass is 10.0. The van der Waals surface area contributed by atoms with Gasteiger partial charge in [0.25, 0.3) is 0 Å². The van der Waals surface area contributed by atoms with E-state index in [1.807, 2.05) is 18.2 Å². The lowest BCUT2D eigenvalue weighted by molar-refractivity contribution is -0.128. The number of likely N-dealkylation sites (tertiary alicyclic amines) is 1. The van der Waals surface area contributed by atoms with Gasteiger partial charge in [-0.15, -0.1) is 0 Å². The van der Waals surface area contributed by atoms with Gasteiger partial charge in [0.2, 0.25) is 5.91 Å². The van der Waals surface area contributed by atoms with E-state index in [9.17, 15) is 9.59 Å². The second-order valence-corrected chi connectivity index (χ2v) is 6.07. The van der Waals surface area contributed by atoms with Gasteiger partial charge in [-0.05, 0) is 43.0 Å². The molecule has 2 N–H and O–H groups in total. The van der Waals surface area contributed by atoms with Crippen LogP contribution in [0.1, 0.15) is 18.4 Å². The molecule has 6 heteroatoms. The van der Waals surface area contributed by atoms with Crippen molar-refractivity contribution in [1.29, 1.82) is 0 Å². The number of aryl methyl sites for hydroxylation is 1. The summed E-state index contributed by atoms with van der Waals surface area (Å²) in [6.07, 6.45) is 2.82. The largest absolute Gasteiger partial charge is 0.374 e. The Balaban J connectivity index is 1.63. The number of anilines is 2. The van der Waals surface area contributed by atoms with Crippen LogP contribution >= 0.6 is 0 Å². The molecule has 6 nitrogen and oxygen atoms in total. The molecule has 1 saturated heterocycles. The normalized spacial score (nSPS) is 20.8. The average molecular weight is 302 g/mol. The van der Waals surface area contributed by atoms with Gasteiger partial charge >= 0.3 is 6.03 Å². The quantitative estimate of drug-likeness (QED) is 0.868. The molecule has 0 saturated carbocycles. The highest BCUT2D eigenvalue weighted by Crippen LogP contribution is 2.28. The van der Waals surface area contributed by atoms with Gasteiger partial charge < -0.3 is 20.4 Å².